The van der Waals surface area contributed by atoms with Gasteiger partial charge in [-0.15, -0.1) is 0 Å². The monoisotopic (exact) mass is 854 g/mol. The van der Waals surface area contributed by atoms with Gasteiger partial charge in [0.05, 0.1) is 0 Å². The summed E-state index contributed by atoms with van der Waals surface area (Å²) in [6.07, 6.45) is 17.1. The van der Waals surface area contributed by atoms with Crippen molar-refractivity contribution in [3.63, 3.8) is 0 Å². The van der Waals surface area contributed by atoms with Gasteiger partial charge in [0.2, 0.25) is 0 Å². The Hall–Kier alpha value is 2.62. The molecule has 0 saturated heterocycles. The van der Waals surface area contributed by atoms with Crippen LogP contribution in [0.4, 0.5) is 0 Å². The van der Waals surface area contributed by atoms with Crippen LogP contribution in [0.15, 0.2) is 40.3 Å². The third-order valence-electron chi connectivity index (χ3n) is 10.1. The van der Waals surface area contributed by atoms with Gasteiger partial charge in [0.1, 0.15) is 0 Å². The Kier molecular flexibility index (Phi) is 12.2. The molecule has 0 aliphatic heterocycles. The third kappa shape index (κ3) is 5.40. The Balaban J connectivity index is 0.00000370. The zero-order chi connectivity index (χ0) is 28.3. The van der Waals surface area contributed by atoms with Gasteiger partial charge >= 0.3 is 293 Å². The van der Waals surface area contributed by atoms with Gasteiger partial charge in [0.25, 0.3) is 0 Å². The second-order valence-electron chi connectivity index (χ2n) is 11.9. The van der Waals surface area contributed by atoms with E-state index in [1.807, 2.05) is 0 Å². The summed E-state index contributed by atoms with van der Waals surface area (Å²) in [5.41, 5.74) is -1.05. The van der Waals surface area contributed by atoms with Crippen LogP contribution in [-0.2, 0) is 0 Å². The molecule has 1 nitrogen and oxygen atoms in total. The van der Waals surface area contributed by atoms with E-state index < -0.39 is 34.9 Å². The third-order valence-corrected chi connectivity index (χ3v) is 29.0. The molecule has 3 fully saturated rings. The molecule has 0 amide bonds. The minimum Gasteiger partial charge on any atom is -0.870 e. The molecule has 5 aliphatic carbocycles. The molecular formula is C28H32Cl10OSn. The van der Waals surface area contributed by atoms with Crippen LogP contribution in [0.3, 0.4) is 0 Å². The molecule has 0 atom stereocenters. The molecule has 0 radical (unpaired) electrons. The second-order valence-corrected chi connectivity index (χ2v) is 25.9. The van der Waals surface area contributed by atoms with Gasteiger partial charge in [-0.2, -0.15) is 0 Å². The first kappa shape index (κ1) is 35.5. The van der Waals surface area contributed by atoms with E-state index in [1.54, 1.807) is 0 Å². The number of alkyl halides is 2. The maximum Gasteiger partial charge on any atom is -0.870 e. The van der Waals surface area contributed by atoms with Gasteiger partial charge in [-0.3, -0.25) is 0 Å². The number of hydrogen-bond acceptors (Lipinski definition) is 1. The zero-order valence-corrected chi connectivity index (χ0v) is 32.3. The number of rotatable bonds is 5. The van der Waals surface area contributed by atoms with Crippen molar-refractivity contribution in [1.29, 1.82) is 0 Å². The predicted octanol–water partition coefficient (Wildman–Crippen LogP) is 13.6. The Labute approximate surface area is 295 Å². The average Bonchev–Trinajstić information content (AvgIpc) is 3.22. The molecule has 0 heterocycles. The fourth-order valence-corrected chi connectivity index (χ4v) is 26.8. The number of allylic oxidation sites excluding steroid dienone is 8. The van der Waals surface area contributed by atoms with Crippen LogP contribution in [0.1, 0.15) is 89.9 Å². The van der Waals surface area contributed by atoms with Crippen LogP contribution in [0.2, 0.25) is 11.8 Å². The minimum absolute atomic E-state index is 0. The second kappa shape index (κ2) is 13.8. The van der Waals surface area contributed by atoms with Crippen LogP contribution in [0.5, 0.6) is 0 Å². The van der Waals surface area contributed by atoms with Crippen LogP contribution >= 0.6 is 116 Å². The van der Waals surface area contributed by atoms with Gasteiger partial charge in [0.15, 0.2) is 0 Å². The Morgan fingerprint density at radius 3 is 1.02 bits per heavy atom. The van der Waals surface area contributed by atoms with E-state index in [1.165, 1.54) is 64.2 Å². The molecule has 0 aromatic rings. The van der Waals surface area contributed by atoms with Gasteiger partial charge in [0, 0.05) is 0 Å². The standard InChI is InChI=1S/C16H9Cl10.2C6H11.H2O.Sn/c17-6-7(18)11(22)15(25,10(6)21)14(4-2-1-3-5-14)16(26)12(23)8(19)9(20)13(16)24;2*1-2-4-6-5-3-1;;/h1H,2-5H2;2*1H,2-6H2;1H2;/q;;;;+1/p-1. The van der Waals surface area contributed by atoms with Gasteiger partial charge in [-0.25, -0.2) is 0 Å². The summed E-state index contributed by atoms with van der Waals surface area (Å²) < 4.78 is 2.64. The summed E-state index contributed by atoms with van der Waals surface area (Å²) in [6, 6.07) is 0. The van der Waals surface area contributed by atoms with Crippen molar-refractivity contribution in [3.8, 4) is 0 Å². The van der Waals surface area contributed by atoms with Crippen molar-refractivity contribution in [2.75, 3.05) is 0 Å². The molecule has 40 heavy (non-hydrogen) atoms. The molecule has 0 bridgehead atoms. The number of halogens is 10. The van der Waals surface area contributed by atoms with E-state index in [2.05, 4.69) is 0 Å². The minimum atomic E-state index is -1.89. The first-order chi connectivity index (χ1) is 18.4. The summed E-state index contributed by atoms with van der Waals surface area (Å²) >= 11 is 67.1. The van der Waals surface area contributed by atoms with Crippen LogP contribution < -0.4 is 0 Å². The molecule has 5 rings (SSSR count). The SMILES string of the molecule is ClC1=C(Cl)C(Cl)(C2(C3(Cl)C(Cl)=C(Cl)C(Cl)=C3Cl)CC[CH]([Sn+]([CH]3CCCCC3)[CH]3CCCCC3)CC2)C(Cl)=C1Cl.[OH-]. The van der Waals surface area contributed by atoms with Crippen LogP contribution in [0, 0.1) is 5.41 Å². The fraction of sp³-hybridized carbons (Fsp3) is 0.714. The molecule has 224 valence electrons. The molecule has 0 spiro atoms. The summed E-state index contributed by atoms with van der Waals surface area (Å²) in [6.45, 7) is 0. The Morgan fingerprint density at radius 1 is 0.450 bits per heavy atom. The van der Waals surface area contributed by atoms with Crippen molar-refractivity contribution in [2.24, 2.45) is 5.41 Å². The maximum absolute atomic E-state index is 7.55. The van der Waals surface area contributed by atoms with Crippen LogP contribution in [-0.4, -0.2) is 35.0 Å². The quantitative estimate of drug-likeness (QED) is 0.200. The molecule has 1 N–H and O–H groups in total. The van der Waals surface area contributed by atoms with Crippen molar-refractivity contribution in [3.05, 3.63) is 40.3 Å². The number of hydrogen-bond donors (Lipinski definition) is 0. The van der Waals surface area contributed by atoms with Crippen molar-refractivity contribution in [2.45, 2.75) is 111 Å². The normalized spacial score (nSPS) is 28.1. The van der Waals surface area contributed by atoms with Crippen molar-refractivity contribution >= 4 is 136 Å². The molecule has 0 aromatic carbocycles. The largest absolute Gasteiger partial charge is 0.870 e. The average molecular weight is 858 g/mol. The predicted molar refractivity (Wildman–Crippen MR) is 178 cm³/mol. The van der Waals surface area contributed by atoms with E-state index in [0.717, 1.165) is 24.6 Å². The van der Waals surface area contributed by atoms with Gasteiger partial charge in [-0.1, -0.05) is 0 Å². The van der Waals surface area contributed by atoms with E-state index in [9.17, 15) is 0 Å². The van der Waals surface area contributed by atoms with E-state index in [4.69, 9.17) is 116 Å². The molecule has 12 heteroatoms. The van der Waals surface area contributed by atoms with E-state index in [-0.39, 0.29) is 45.7 Å². The zero-order valence-electron chi connectivity index (χ0n) is 21.9. The molecule has 0 unspecified atom stereocenters. The Bertz CT molecular complexity index is 998. The smallest absolute Gasteiger partial charge is 0.870 e. The van der Waals surface area contributed by atoms with E-state index in [0.29, 0.717) is 12.8 Å². The molecule has 0 aromatic heterocycles. The maximum atomic E-state index is 7.55. The van der Waals surface area contributed by atoms with Crippen LogP contribution in [0.25, 0.3) is 0 Å². The first-order valence-corrected chi connectivity index (χ1v) is 22.6. The summed E-state index contributed by atoms with van der Waals surface area (Å²) in [5.74, 6) is 0. The van der Waals surface area contributed by atoms with Crippen molar-refractivity contribution in [1.82, 2.24) is 0 Å². The summed E-state index contributed by atoms with van der Waals surface area (Å²) in [7, 11) is 0. The first-order valence-electron chi connectivity index (χ1n) is 13.9. The van der Waals surface area contributed by atoms with Crippen molar-refractivity contribution < 1.29 is 5.48 Å². The summed E-state index contributed by atoms with van der Waals surface area (Å²) in [4.78, 5) is -3.04. The Morgan fingerprint density at radius 2 is 0.725 bits per heavy atom. The molecular weight excluding hydrogens is 826 g/mol. The molecule has 5 aliphatic rings. The fourth-order valence-electron chi connectivity index (χ4n) is 8.27. The molecule has 3 saturated carbocycles. The van der Waals surface area contributed by atoms with Gasteiger partial charge in [-0.05, 0) is 0 Å². The van der Waals surface area contributed by atoms with Gasteiger partial charge < -0.3 is 5.48 Å². The topological polar surface area (TPSA) is 30.0 Å². The van der Waals surface area contributed by atoms with E-state index >= 15 is 0 Å². The summed E-state index contributed by atoms with van der Waals surface area (Å²) in [5, 5.41) is 1.06.